The molecule has 1 aliphatic heterocycles. The largest absolute Gasteiger partial charge is 0.376 e. The van der Waals surface area contributed by atoms with Crippen LogP contribution in [0, 0.1) is 11.3 Å². The fourth-order valence-electron chi connectivity index (χ4n) is 2.84. The second-order valence-electron chi connectivity index (χ2n) is 6.19. The summed E-state index contributed by atoms with van der Waals surface area (Å²) >= 11 is 5.24. The normalized spacial score (nSPS) is 16.3. The number of nitrogens with zero attached hydrogens (tertiary/aromatic N) is 4. The van der Waals surface area contributed by atoms with E-state index in [1.807, 2.05) is 36.5 Å². The first-order valence-electron chi connectivity index (χ1n) is 8.94. The van der Waals surface area contributed by atoms with Crippen LogP contribution in [0.2, 0.25) is 0 Å². The van der Waals surface area contributed by atoms with Crippen LogP contribution in [0.4, 0.5) is 0 Å². The maximum atomic E-state index is 8.79. The van der Waals surface area contributed by atoms with Gasteiger partial charge in [0.25, 0.3) is 0 Å². The lowest BCUT2D eigenvalue weighted by Crippen LogP contribution is -2.37. The van der Waals surface area contributed by atoms with E-state index in [9.17, 15) is 0 Å². The SMILES string of the molecule is N#CCCn1cc(/C=N\NC(=S)NC[C@@H]2CCCO2)c(-c2ccccc2)n1. The summed E-state index contributed by atoms with van der Waals surface area (Å²) in [6.07, 6.45) is 6.36. The Morgan fingerprint density at radius 3 is 3.04 bits per heavy atom. The molecule has 1 fully saturated rings. The zero-order valence-corrected chi connectivity index (χ0v) is 15.8. The number of thiocarbonyl (C=S) groups is 1. The van der Waals surface area contributed by atoms with Gasteiger partial charge in [0.1, 0.15) is 5.69 Å². The molecule has 3 rings (SSSR count). The van der Waals surface area contributed by atoms with E-state index in [0.717, 1.165) is 36.3 Å². The Labute approximate surface area is 164 Å². The van der Waals surface area contributed by atoms with Gasteiger partial charge >= 0.3 is 0 Å². The molecule has 1 aliphatic rings. The van der Waals surface area contributed by atoms with Gasteiger partial charge in [-0.1, -0.05) is 30.3 Å². The molecule has 2 N–H and O–H groups in total. The number of hydrogen-bond donors (Lipinski definition) is 2. The third-order valence-electron chi connectivity index (χ3n) is 4.17. The molecule has 1 atom stereocenters. The van der Waals surface area contributed by atoms with Gasteiger partial charge in [-0.05, 0) is 25.1 Å². The van der Waals surface area contributed by atoms with Gasteiger partial charge in [-0.2, -0.15) is 15.5 Å². The lowest BCUT2D eigenvalue weighted by molar-refractivity contribution is 0.114. The van der Waals surface area contributed by atoms with Crippen molar-refractivity contribution >= 4 is 23.5 Å². The van der Waals surface area contributed by atoms with Gasteiger partial charge in [0.2, 0.25) is 0 Å². The summed E-state index contributed by atoms with van der Waals surface area (Å²) in [5, 5.41) is 21.2. The van der Waals surface area contributed by atoms with Gasteiger partial charge < -0.3 is 10.1 Å². The summed E-state index contributed by atoms with van der Waals surface area (Å²) in [4.78, 5) is 0. The Kier molecular flexibility index (Phi) is 6.90. The van der Waals surface area contributed by atoms with Crippen LogP contribution in [0.15, 0.2) is 41.6 Å². The quantitative estimate of drug-likeness (QED) is 0.434. The fraction of sp³-hybridized carbons (Fsp3) is 0.368. The molecule has 140 valence electrons. The summed E-state index contributed by atoms with van der Waals surface area (Å²) < 4.78 is 7.32. The molecule has 0 aliphatic carbocycles. The van der Waals surface area contributed by atoms with Crippen molar-refractivity contribution in [2.75, 3.05) is 13.2 Å². The van der Waals surface area contributed by atoms with Crippen LogP contribution in [-0.4, -0.2) is 40.4 Å². The van der Waals surface area contributed by atoms with Crippen molar-refractivity contribution in [3.8, 4) is 17.3 Å². The summed E-state index contributed by atoms with van der Waals surface area (Å²) in [7, 11) is 0. The van der Waals surface area contributed by atoms with E-state index in [-0.39, 0.29) is 6.10 Å². The van der Waals surface area contributed by atoms with Crippen molar-refractivity contribution in [1.29, 1.82) is 5.26 Å². The van der Waals surface area contributed by atoms with Crippen molar-refractivity contribution in [3.05, 3.63) is 42.1 Å². The second kappa shape index (κ2) is 9.80. The number of rotatable bonds is 7. The van der Waals surface area contributed by atoms with Crippen LogP contribution in [0.5, 0.6) is 0 Å². The summed E-state index contributed by atoms with van der Waals surface area (Å²) in [6.45, 7) is 2.05. The van der Waals surface area contributed by atoms with Gasteiger partial charge in [-0.3, -0.25) is 10.1 Å². The molecule has 0 spiro atoms. The molecule has 0 saturated carbocycles. The Bertz CT molecular complexity index is 820. The van der Waals surface area contributed by atoms with Crippen molar-refractivity contribution < 1.29 is 4.74 Å². The van der Waals surface area contributed by atoms with Crippen molar-refractivity contribution in [3.63, 3.8) is 0 Å². The number of aromatic nitrogens is 2. The maximum absolute atomic E-state index is 8.79. The summed E-state index contributed by atoms with van der Waals surface area (Å²) in [5.74, 6) is 0. The topological polar surface area (TPSA) is 87.3 Å². The highest BCUT2D eigenvalue weighted by atomic mass is 32.1. The van der Waals surface area contributed by atoms with Crippen LogP contribution in [0.25, 0.3) is 11.3 Å². The highest BCUT2D eigenvalue weighted by Gasteiger charge is 2.15. The number of aryl methyl sites for hydroxylation is 1. The highest BCUT2D eigenvalue weighted by molar-refractivity contribution is 7.80. The minimum absolute atomic E-state index is 0.219. The first kappa shape index (κ1) is 19.0. The van der Waals surface area contributed by atoms with E-state index >= 15 is 0 Å². The predicted molar refractivity (Wildman–Crippen MR) is 108 cm³/mol. The van der Waals surface area contributed by atoms with Gasteiger partial charge in [-0.15, -0.1) is 0 Å². The van der Waals surface area contributed by atoms with Crippen LogP contribution in [0.1, 0.15) is 24.8 Å². The molecule has 8 heteroatoms. The van der Waals surface area contributed by atoms with Gasteiger partial charge in [-0.25, -0.2) is 0 Å². The molecule has 7 nitrogen and oxygen atoms in total. The van der Waals surface area contributed by atoms with Crippen LogP contribution < -0.4 is 10.7 Å². The van der Waals surface area contributed by atoms with Crippen molar-refractivity contribution in [2.24, 2.45) is 5.10 Å². The van der Waals surface area contributed by atoms with E-state index in [1.165, 1.54) is 0 Å². The van der Waals surface area contributed by atoms with E-state index in [0.29, 0.717) is 24.6 Å². The molecule has 0 amide bonds. The molecule has 0 bridgehead atoms. The monoisotopic (exact) mass is 382 g/mol. The Hall–Kier alpha value is -2.76. The van der Waals surface area contributed by atoms with E-state index < -0.39 is 0 Å². The van der Waals surface area contributed by atoms with E-state index in [1.54, 1.807) is 10.9 Å². The number of hydrazone groups is 1. The number of ether oxygens (including phenoxy) is 1. The zero-order chi connectivity index (χ0) is 18.9. The van der Waals surface area contributed by atoms with E-state index in [2.05, 4.69) is 27.0 Å². The van der Waals surface area contributed by atoms with Crippen LogP contribution >= 0.6 is 12.2 Å². The third kappa shape index (κ3) is 5.61. The van der Waals surface area contributed by atoms with Gasteiger partial charge in [0.05, 0.1) is 31.4 Å². The number of nitriles is 1. The van der Waals surface area contributed by atoms with Crippen molar-refractivity contribution in [1.82, 2.24) is 20.5 Å². The van der Waals surface area contributed by atoms with Crippen LogP contribution in [0.3, 0.4) is 0 Å². The number of hydrogen-bond acceptors (Lipinski definition) is 5. The average molecular weight is 382 g/mol. The second-order valence-corrected chi connectivity index (χ2v) is 6.59. The molecule has 0 unspecified atom stereocenters. The minimum Gasteiger partial charge on any atom is -0.376 e. The smallest absolute Gasteiger partial charge is 0.187 e. The summed E-state index contributed by atoms with van der Waals surface area (Å²) in [5.41, 5.74) is 5.50. The third-order valence-corrected chi connectivity index (χ3v) is 4.41. The molecule has 0 radical (unpaired) electrons. The molecular weight excluding hydrogens is 360 g/mol. The van der Waals surface area contributed by atoms with Gasteiger partial charge in [0.15, 0.2) is 5.11 Å². The van der Waals surface area contributed by atoms with Crippen molar-refractivity contribution in [2.45, 2.75) is 31.9 Å². The molecule has 27 heavy (non-hydrogen) atoms. The maximum Gasteiger partial charge on any atom is 0.187 e. The molecule has 1 saturated heterocycles. The molecule has 2 aromatic rings. The molecular formula is C19H22N6OS. The Morgan fingerprint density at radius 1 is 1.44 bits per heavy atom. The number of benzene rings is 1. The standard InChI is InChI=1S/C19H22N6OS/c20-9-5-10-25-14-16(18(24-25)15-6-2-1-3-7-15)12-22-23-19(27)21-13-17-8-4-11-26-17/h1-3,6-7,12,14,17H,4-5,8,10-11,13H2,(H2,21,23,27)/b22-12-/t17-/m0/s1. The van der Waals surface area contributed by atoms with Gasteiger partial charge in [0, 0.05) is 30.5 Å². The Morgan fingerprint density at radius 2 is 2.30 bits per heavy atom. The fourth-order valence-corrected chi connectivity index (χ4v) is 2.98. The average Bonchev–Trinajstić information content (AvgIpc) is 3.35. The van der Waals surface area contributed by atoms with E-state index in [4.69, 9.17) is 22.2 Å². The van der Waals surface area contributed by atoms with Crippen LogP contribution in [-0.2, 0) is 11.3 Å². The lowest BCUT2D eigenvalue weighted by Gasteiger charge is -2.11. The predicted octanol–water partition coefficient (Wildman–Crippen LogP) is 2.44. The highest BCUT2D eigenvalue weighted by Crippen LogP contribution is 2.20. The minimum atomic E-state index is 0.219. The first-order valence-corrected chi connectivity index (χ1v) is 9.35. The number of nitrogens with one attached hydrogen (secondary N) is 2. The molecule has 2 heterocycles. The lowest BCUT2D eigenvalue weighted by atomic mass is 10.1. The zero-order valence-electron chi connectivity index (χ0n) is 15.0. The Balaban J connectivity index is 1.63. The molecule has 1 aromatic heterocycles. The molecule has 1 aromatic carbocycles. The first-order chi connectivity index (χ1) is 13.3. The summed E-state index contributed by atoms with van der Waals surface area (Å²) in [6, 6.07) is 12.0.